The molecule has 1 N–H and O–H groups in total. The van der Waals surface area contributed by atoms with Crippen LogP contribution in [0.2, 0.25) is 0 Å². The molecule has 2 heterocycles. The van der Waals surface area contributed by atoms with E-state index in [1.165, 1.54) is 16.7 Å². The highest BCUT2D eigenvalue weighted by atomic mass is 32.2. The maximum Gasteiger partial charge on any atom is 0.252 e. The minimum absolute atomic E-state index is 0.0500. The Morgan fingerprint density at radius 1 is 1.33 bits per heavy atom. The van der Waals surface area contributed by atoms with E-state index >= 15 is 0 Å². The average molecular weight is 351 g/mol. The van der Waals surface area contributed by atoms with Gasteiger partial charge in [0.15, 0.2) is 5.16 Å². The molecular weight excluding hydrogens is 330 g/mol. The van der Waals surface area contributed by atoms with Gasteiger partial charge < -0.3 is 9.47 Å². The van der Waals surface area contributed by atoms with Crippen molar-refractivity contribution in [2.75, 3.05) is 12.3 Å². The second-order valence-electron chi connectivity index (χ2n) is 6.14. The van der Waals surface area contributed by atoms with Gasteiger partial charge in [-0.15, -0.1) is 10.2 Å². The molecule has 1 spiro atoms. The van der Waals surface area contributed by atoms with Crippen LogP contribution in [0.1, 0.15) is 39.0 Å². The van der Waals surface area contributed by atoms with Crippen LogP contribution in [0, 0.1) is 0 Å². The summed E-state index contributed by atoms with van der Waals surface area (Å²) in [7, 11) is 0. The normalized spacial score (nSPS) is 20.3. The van der Waals surface area contributed by atoms with Crippen molar-refractivity contribution >= 4 is 29.5 Å². The third kappa shape index (κ3) is 3.04. The van der Waals surface area contributed by atoms with Gasteiger partial charge in [-0.3, -0.25) is 19.7 Å². The molecule has 0 radical (unpaired) electrons. The summed E-state index contributed by atoms with van der Waals surface area (Å²) in [4.78, 5) is 38.5. The Morgan fingerprint density at radius 3 is 2.79 bits per heavy atom. The first-order chi connectivity index (χ1) is 11.6. The molecule has 3 rings (SSSR count). The standard InChI is InChI=1S/C15H21N5O3S/c1-2-19-10-16-18-14(19)24-9-12(22)20-8-11(21)17-13(23)15(20)6-4-3-5-7-15/h10H,2-9H2,1H3,(H,17,21,23). The number of rotatable bonds is 4. The number of nitrogens with zero attached hydrogens (tertiary/aromatic N) is 4. The first-order valence-corrected chi connectivity index (χ1v) is 9.21. The lowest BCUT2D eigenvalue weighted by Crippen LogP contribution is -2.69. The van der Waals surface area contributed by atoms with Crippen molar-refractivity contribution in [3.8, 4) is 0 Å². The molecule has 1 saturated heterocycles. The minimum Gasteiger partial charge on any atom is -0.318 e. The second-order valence-corrected chi connectivity index (χ2v) is 7.08. The van der Waals surface area contributed by atoms with Crippen molar-refractivity contribution in [3.05, 3.63) is 6.33 Å². The van der Waals surface area contributed by atoms with Crippen LogP contribution in [0.4, 0.5) is 0 Å². The number of aromatic nitrogens is 3. The summed E-state index contributed by atoms with van der Waals surface area (Å²) in [6, 6.07) is 0. The number of piperazine rings is 1. The van der Waals surface area contributed by atoms with Gasteiger partial charge in [-0.25, -0.2) is 0 Å². The molecule has 1 saturated carbocycles. The summed E-state index contributed by atoms with van der Waals surface area (Å²) in [5.41, 5.74) is -0.859. The zero-order chi connectivity index (χ0) is 17.2. The molecule has 0 unspecified atom stereocenters. The van der Waals surface area contributed by atoms with Gasteiger partial charge in [-0.1, -0.05) is 31.0 Å². The summed E-state index contributed by atoms with van der Waals surface area (Å²) in [5.74, 6) is -0.795. The van der Waals surface area contributed by atoms with Gasteiger partial charge in [-0.2, -0.15) is 0 Å². The van der Waals surface area contributed by atoms with Crippen LogP contribution >= 0.6 is 11.8 Å². The van der Waals surface area contributed by atoms with Crippen molar-refractivity contribution in [3.63, 3.8) is 0 Å². The summed E-state index contributed by atoms with van der Waals surface area (Å²) in [5, 5.41) is 10.9. The van der Waals surface area contributed by atoms with Crippen molar-refractivity contribution < 1.29 is 14.4 Å². The smallest absolute Gasteiger partial charge is 0.252 e. The van der Waals surface area contributed by atoms with Crippen LogP contribution in [0.5, 0.6) is 0 Å². The maximum atomic E-state index is 12.8. The minimum atomic E-state index is -0.859. The molecule has 2 aliphatic rings. The predicted octanol–water partition coefficient (Wildman–Crippen LogP) is 0.578. The molecule has 24 heavy (non-hydrogen) atoms. The Bertz CT molecular complexity index is 653. The van der Waals surface area contributed by atoms with Crippen LogP contribution in [0.25, 0.3) is 0 Å². The summed E-state index contributed by atoms with van der Waals surface area (Å²) < 4.78 is 1.85. The SMILES string of the molecule is CCn1cnnc1SCC(=O)N1CC(=O)NC(=O)C12CCCCC2. The number of carbonyl (C=O) groups excluding carboxylic acids is 3. The van der Waals surface area contributed by atoms with Gasteiger partial charge in [0.25, 0.3) is 5.91 Å². The summed E-state index contributed by atoms with van der Waals surface area (Å²) in [6.45, 7) is 2.64. The van der Waals surface area contributed by atoms with E-state index in [-0.39, 0.29) is 24.1 Å². The predicted molar refractivity (Wildman–Crippen MR) is 87.1 cm³/mol. The number of amides is 3. The highest BCUT2D eigenvalue weighted by Crippen LogP contribution is 2.36. The fourth-order valence-corrected chi connectivity index (χ4v) is 4.29. The first-order valence-electron chi connectivity index (χ1n) is 8.22. The second kappa shape index (κ2) is 6.92. The third-order valence-corrected chi connectivity index (χ3v) is 5.69. The highest BCUT2D eigenvalue weighted by Gasteiger charge is 2.50. The van der Waals surface area contributed by atoms with E-state index in [0.29, 0.717) is 18.0 Å². The van der Waals surface area contributed by atoms with E-state index in [4.69, 9.17) is 0 Å². The van der Waals surface area contributed by atoms with E-state index in [9.17, 15) is 14.4 Å². The number of thioether (sulfide) groups is 1. The molecule has 130 valence electrons. The molecule has 0 atom stereocenters. The lowest BCUT2D eigenvalue weighted by molar-refractivity contribution is -0.158. The van der Waals surface area contributed by atoms with Gasteiger partial charge in [-0.05, 0) is 19.8 Å². The van der Waals surface area contributed by atoms with E-state index < -0.39 is 11.4 Å². The molecule has 1 aromatic heterocycles. The van der Waals surface area contributed by atoms with Crippen molar-refractivity contribution in [1.82, 2.24) is 25.0 Å². The lowest BCUT2D eigenvalue weighted by atomic mass is 9.78. The molecule has 2 fully saturated rings. The quantitative estimate of drug-likeness (QED) is 0.629. The molecule has 1 aromatic rings. The zero-order valence-electron chi connectivity index (χ0n) is 13.7. The van der Waals surface area contributed by atoms with Gasteiger partial charge in [0.1, 0.15) is 18.4 Å². The number of carbonyl (C=O) groups is 3. The Morgan fingerprint density at radius 2 is 2.08 bits per heavy atom. The fraction of sp³-hybridized carbons (Fsp3) is 0.667. The highest BCUT2D eigenvalue weighted by molar-refractivity contribution is 7.99. The van der Waals surface area contributed by atoms with Crippen LogP contribution in [-0.4, -0.2) is 55.2 Å². The topological polar surface area (TPSA) is 97.2 Å². The van der Waals surface area contributed by atoms with Crippen LogP contribution in [0.15, 0.2) is 11.5 Å². The maximum absolute atomic E-state index is 12.8. The number of nitrogens with one attached hydrogen (secondary N) is 1. The van der Waals surface area contributed by atoms with E-state index in [1.807, 2.05) is 11.5 Å². The molecule has 8 nitrogen and oxygen atoms in total. The van der Waals surface area contributed by atoms with Gasteiger partial charge >= 0.3 is 0 Å². The zero-order valence-corrected chi connectivity index (χ0v) is 14.5. The molecule has 9 heteroatoms. The van der Waals surface area contributed by atoms with Crippen molar-refractivity contribution in [1.29, 1.82) is 0 Å². The number of imide groups is 1. The Labute approximate surface area is 144 Å². The molecule has 0 bridgehead atoms. The van der Waals surface area contributed by atoms with E-state index in [1.54, 1.807) is 6.33 Å². The first kappa shape index (κ1) is 16.9. The van der Waals surface area contributed by atoms with Crippen LogP contribution in [-0.2, 0) is 20.9 Å². The Balaban J connectivity index is 1.75. The van der Waals surface area contributed by atoms with E-state index in [0.717, 1.165) is 25.8 Å². The summed E-state index contributed by atoms with van der Waals surface area (Å²) >= 11 is 1.28. The Kier molecular flexibility index (Phi) is 4.88. The lowest BCUT2D eigenvalue weighted by Gasteiger charge is -2.47. The summed E-state index contributed by atoms with van der Waals surface area (Å²) in [6.07, 6.45) is 5.69. The number of hydrogen-bond donors (Lipinski definition) is 1. The number of hydrogen-bond acceptors (Lipinski definition) is 6. The average Bonchev–Trinajstić information content (AvgIpc) is 3.04. The van der Waals surface area contributed by atoms with Gasteiger partial charge in [0.2, 0.25) is 11.8 Å². The third-order valence-electron chi connectivity index (χ3n) is 4.72. The molecule has 1 aliphatic carbocycles. The van der Waals surface area contributed by atoms with Crippen LogP contribution in [0.3, 0.4) is 0 Å². The monoisotopic (exact) mass is 351 g/mol. The van der Waals surface area contributed by atoms with Crippen molar-refractivity contribution in [2.24, 2.45) is 0 Å². The van der Waals surface area contributed by atoms with Gasteiger partial charge in [0.05, 0.1) is 5.75 Å². The number of aryl methyl sites for hydroxylation is 1. The van der Waals surface area contributed by atoms with Crippen molar-refractivity contribution in [2.45, 2.75) is 56.3 Å². The largest absolute Gasteiger partial charge is 0.318 e. The molecule has 0 aromatic carbocycles. The van der Waals surface area contributed by atoms with Gasteiger partial charge in [0, 0.05) is 6.54 Å². The fourth-order valence-electron chi connectivity index (χ4n) is 3.44. The molecular formula is C15H21N5O3S. The van der Waals surface area contributed by atoms with E-state index in [2.05, 4.69) is 15.5 Å². The van der Waals surface area contributed by atoms with Crippen LogP contribution < -0.4 is 5.32 Å². The molecule has 3 amide bonds. The Hall–Kier alpha value is -1.90. The molecule has 1 aliphatic heterocycles.